The summed E-state index contributed by atoms with van der Waals surface area (Å²) in [4.78, 5) is 2.12. The summed E-state index contributed by atoms with van der Waals surface area (Å²) < 4.78 is 24.0. The Bertz CT molecular complexity index is 417. The maximum atomic E-state index is 13.8. The maximum Gasteiger partial charge on any atom is 0.126 e. The van der Waals surface area contributed by atoms with Gasteiger partial charge in [-0.1, -0.05) is 0 Å². The third-order valence-corrected chi connectivity index (χ3v) is 3.27. The van der Waals surface area contributed by atoms with E-state index in [9.17, 15) is 4.39 Å². The number of nitrogens with two attached hydrogens (primary N) is 1. The molecule has 1 atom stereocenters. The molecule has 20 heavy (non-hydrogen) atoms. The minimum absolute atomic E-state index is 0.223. The number of halogens is 1. The van der Waals surface area contributed by atoms with Gasteiger partial charge in [-0.05, 0) is 37.1 Å². The summed E-state index contributed by atoms with van der Waals surface area (Å²) in [5.74, 6) is -0.223. The van der Waals surface area contributed by atoms with Gasteiger partial charge in [0.2, 0.25) is 0 Å². The van der Waals surface area contributed by atoms with Gasteiger partial charge in [-0.25, -0.2) is 4.39 Å². The zero-order chi connectivity index (χ0) is 15.1. The lowest BCUT2D eigenvalue weighted by Crippen LogP contribution is -2.32. The van der Waals surface area contributed by atoms with Crippen LogP contribution in [0.15, 0.2) is 12.1 Å². The Morgan fingerprint density at radius 2 is 1.75 bits per heavy atom. The molecule has 0 saturated carbocycles. The first-order valence-corrected chi connectivity index (χ1v) is 6.79. The molecule has 1 rings (SSSR count). The van der Waals surface area contributed by atoms with Crippen LogP contribution in [0.25, 0.3) is 0 Å². The van der Waals surface area contributed by atoms with Gasteiger partial charge in [0.15, 0.2) is 0 Å². The van der Waals surface area contributed by atoms with Crippen molar-refractivity contribution in [3.05, 3.63) is 29.1 Å². The lowest BCUT2D eigenvalue weighted by Gasteiger charge is -2.28. The van der Waals surface area contributed by atoms with Crippen LogP contribution in [0, 0.1) is 12.7 Å². The van der Waals surface area contributed by atoms with Crippen molar-refractivity contribution in [3.8, 4) is 0 Å². The molecule has 0 spiro atoms. The highest BCUT2D eigenvalue weighted by Crippen LogP contribution is 2.28. The zero-order valence-corrected chi connectivity index (χ0v) is 12.8. The summed E-state index contributed by atoms with van der Waals surface area (Å²) in [6.45, 7) is 6.24. The van der Waals surface area contributed by atoms with E-state index < -0.39 is 0 Å². The minimum atomic E-state index is -0.229. The van der Waals surface area contributed by atoms with Crippen LogP contribution in [0.1, 0.15) is 24.1 Å². The molecular formula is C15H25FN2O2. The smallest absolute Gasteiger partial charge is 0.126 e. The summed E-state index contributed by atoms with van der Waals surface area (Å²) in [7, 11) is 3.33. The molecule has 114 valence electrons. The van der Waals surface area contributed by atoms with Crippen LogP contribution in [-0.2, 0) is 9.47 Å². The van der Waals surface area contributed by atoms with Gasteiger partial charge in [-0.15, -0.1) is 0 Å². The molecule has 1 aromatic rings. The molecule has 0 aromatic heterocycles. The second-order valence-electron chi connectivity index (χ2n) is 4.92. The molecule has 2 N–H and O–H groups in total. The third-order valence-electron chi connectivity index (χ3n) is 3.27. The van der Waals surface area contributed by atoms with Crippen LogP contribution in [0.3, 0.4) is 0 Å². The van der Waals surface area contributed by atoms with E-state index in [0.717, 1.165) is 11.3 Å². The van der Waals surface area contributed by atoms with Crippen molar-refractivity contribution in [1.82, 2.24) is 0 Å². The second kappa shape index (κ2) is 8.19. The number of hydrogen-bond acceptors (Lipinski definition) is 4. The standard InChI is InChI=1S/C15H25FN2O2/c1-11-9-15(13(12(2)17)10-14(11)16)18(5-7-19-3)6-8-20-4/h9-10,12H,5-8,17H2,1-4H3/t12-/m1/s1. The number of aryl methyl sites for hydroxylation is 1. The van der Waals surface area contributed by atoms with Gasteiger partial charge < -0.3 is 20.1 Å². The average molecular weight is 284 g/mol. The lowest BCUT2D eigenvalue weighted by atomic mass is 10.0. The largest absolute Gasteiger partial charge is 0.383 e. The van der Waals surface area contributed by atoms with Crippen molar-refractivity contribution in [3.63, 3.8) is 0 Å². The molecule has 0 fully saturated rings. The number of nitrogens with zero attached hydrogens (tertiary/aromatic N) is 1. The normalized spacial score (nSPS) is 12.5. The van der Waals surface area contributed by atoms with Crippen LogP contribution in [0.2, 0.25) is 0 Å². The van der Waals surface area contributed by atoms with Crippen molar-refractivity contribution < 1.29 is 13.9 Å². The third kappa shape index (κ3) is 4.44. The van der Waals surface area contributed by atoms with E-state index >= 15 is 0 Å². The summed E-state index contributed by atoms with van der Waals surface area (Å²) in [6.07, 6.45) is 0. The fourth-order valence-corrected chi connectivity index (χ4v) is 2.08. The Balaban J connectivity index is 3.11. The van der Waals surface area contributed by atoms with Gasteiger partial charge in [0.1, 0.15) is 5.82 Å². The van der Waals surface area contributed by atoms with E-state index in [-0.39, 0.29) is 11.9 Å². The van der Waals surface area contributed by atoms with Crippen LogP contribution in [0.4, 0.5) is 10.1 Å². The highest BCUT2D eigenvalue weighted by molar-refractivity contribution is 5.57. The number of hydrogen-bond donors (Lipinski definition) is 1. The molecule has 0 saturated heterocycles. The summed E-state index contributed by atoms with van der Waals surface area (Å²) >= 11 is 0. The Morgan fingerprint density at radius 3 is 2.20 bits per heavy atom. The van der Waals surface area contributed by atoms with E-state index in [2.05, 4.69) is 4.90 Å². The molecule has 0 aliphatic carbocycles. The van der Waals surface area contributed by atoms with E-state index in [4.69, 9.17) is 15.2 Å². The first-order chi connectivity index (χ1) is 9.51. The van der Waals surface area contributed by atoms with Crippen molar-refractivity contribution in [2.24, 2.45) is 5.73 Å². The van der Waals surface area contributed by atoms with Gasteiger partial charge in [0, 0.05) is 39.0 Å². The molecule has 1 aromatic carbocycles. The van der Waals surface area contributed by atoms with Crippen LogP contribution in [-0.4, -0.2) is 40.5 Å². The minimum Gasteiger partial charge on any atom is -0.383 e. The van der Waals surface area contributed by atoms with E-state index in [1.54, 1.807) is 21.1 Å². The molecule has 0 unspecified atom stereocenters. The predicted octanol–water partition coefficient (Wildman–Crippen LogP) is 2.25. The SMILES string of the molecule is COCCN(CCOC)c1cc(C)c(F)cc1[C@@H](C)N. The van der Waals surface area contributed by atoms with Gasteiger partial charge in [-0.3, -0.25) is 0 Å². The highest BCUT2D eigenvalue weighted by Gasteiger charge is 2.16. The van der Waals surface area contributed by atoms with E-state index in [1.807, 2.05) is 13.0 Å². The average Bonchev–Trinajstić information content (AvgIpc) is 2.41. The molecule has 0 amide bonds. The van der Waals surface area contributed by atoms with E-state index in [1.165, 1.54) is 6.07 Å². The summed E-state index contributed by atoms with van der Waals surface area (Å²) in [6, 6.07) is 3.15. The van der Waals surface area contributed by atoms with Gasteiger partial charge in [0.25, 0.3) is 0 Å². The zero-order valence-electron chi connectivity index (χ0n) is 12.8. The van der Waals surface area contributed by atoms with E-state index in [0.29, 0.717) is 31.9 Å². The van der Waals surface area contributed by atoms with Crippen LogP contribution in [0.5, 0.6) is 0 Å². The molecule has 0 heterocycles. The topological polar surface area (TPSA) is 47.7 Å². The Hall–Kier alpha value is -1.17. The number of methoxy groups -OCH3 is 2. The Morgan fingerprint density at radius 1 is 1.20 bits per heavy atom. The monoisotopic (exact) mass is 284 g/mol. The first kappa shape index (κ1) is 16.9. The van der Waals surface area contributed by atoms with Crippen molar-refractivity contribution in [2.75, 3.05) is 45.4 Å². The fourth-order valence-electron chi connectivity index (χ4n) is 2.08. The van der Waals surface area contributed by atoms with Gasteiger partial charge >= 0.3 is 0 Å². The van der Waals surface area contributed by atoms with Gasteiger partial charge in [0.05, 0.1) is 13.2 Å². The number of anilines is 1. The predicted molar refractivity (Wildman–Crippen MR) is 79.7 cm³/mol. The lowest BCUT2D eigenvalue weighted by molar-refractivity contribution is 0.190. The molecule has 0 bridgehead atoms. The van der Waals surface area contributed by atoms with Crippen LogP contribution >= 0.6 is 0 Å². The number of ether oxygens (including phenoxy) is 2. The number of rotatable bonds is 8. The quantitative estimate of drug-likeness (QED) is 0.795. The van der Waals surface area contributed by atoms with Crippen molar-refractivity contribution in [2.45, 2.75) is 19.9 Å². The van der Waals surface area contributed by atoms with Crippen molar-refractivity contribution >= 4 is 5.69 Å². The molecule has 0 aliphatic heterocycles. The second-order valence-corrected chi connectivity index (χ2v) is 4.92. The highest BCUT2D eigenvalue weighted by atomic mass is 19.1. The molecule has 5 heteroatoms. The molecule has 4 nitrogen and oxygen atoms in total. The molecule has 0 radical (unpaired) electrons. The van der Waals surface area contributed by atoms with Gasteiger partial charge in [-0.2, -0.15) is 0 Å². The summed E-state index contributed by atoms with van der Waals surface area (Å²) in [5, 5.41) is 0. The molecule has 0 aliphatic rings. The first-order valence-electron chi connectivity index (χ1n) is 6.79. The fraction of sp³-hybridized carbons (Fsp3) is 0.600. The van der Waals surface area contributed by atoms with Crippen LogP contribution < -0.4 is 10.6 Å². The summed E-state index contributed by atoms with van der Waals surface area (Å²) in [5.41, 5.74) is 8.35. The maximum absolute atomic E-state index is 13.8. The Kier molecular flexibility index (Phi) is 6.91. The number of benzene rings is 1. The Labute approximate surface area is 120 Å². The van der Waals surface area contributed by atoms with Crippen molar-refractivity contribution in [1.29, 1.82) is 0 Å². The molecular weight excluding hydrogens is 259 g/mol.